The third kappa shape index (κ3) is 3.05. The summed E-state index contributed by atoms with van der Waals surface area (Å²) < 4.78 is 1.22. The fourth-order valence-corrected chi connectivity index (χ4v) is 3.96. The highest BCUT2D eigenvalue weighted by Crippen LogP contribution is 2.30. The molecule has 0 aliphatic carbocycles. The van der Waals surface area contributed by atoms with E-state index in [1.54, 1.807) is 0 Å². The molecule has 0 radical (unpaired) electrons. The van der Waals surface area contributed by atoms with Gasteiger partial charge in [0.15, 0.2) is 0 Å². The van der Waals surface area contributed by atoms with Crippen molar-refractivity contribution in [1.29, 1.82) is 0 Å². The first-order chi connectivity index (χ1) is 8.26. The predicted octanol–water partition coefficient (Wildman–Crippen LogP) is 5.11. The molecule has 0 N–H and O–H groups in total. The zero-order chi connectivity index (χ0) is 12.3. The van der Waals surface area contributed by atoms with Crippen LogP contribution in [0.4, 0.5) is 5.69 Å². The van der Waals surface area contributed by atoms with Gasteiger partial charge < -0.3 is 4.90 Å². The van der Waals surface area contributed by atoms with E-state index in [0.29, 0.717) is 0 Å². The van der Waals surface area contributed by atoms with E-state index in [9.17, 15) is 0 Å². The second-order valence-corrected chi connectivity index (χ2v) is 6.08. The molecule has 1 fully saturated rings. The van der Waals surface area contributed by atoms with Crippen LogP contribution in [0.25, 0.3) is 0 Å². The van der Waals surface area contributed by atoms with Crippen molar-refractivity contribution in [2.45, 2.75) is 44.0 Å². The van der Waals surface area contributed by atoms with Crippen molar-refractivity contribution in [3.05, 3.63) is 28.2 Å². The van der Waals surface area contributed by atoms with Crippen molar-refractivity contribution in [1.82, 2.24) is 0 Å². The summed E-state index contributed by atoms with van der Waals surface area (Å²) in [4.78, 5) is 2.58. The van der Waals surface area contributed by atoms with Crippen molar-refractivity contribution < 1.29 is 0 Å². The lowest BCUT2D eigenvalue weighted by Gasteiger charge is -2.37. The molecule has 3 heteroatoms. The van der Waals surface area contributed by atoms with E-state index in [0.717, 1.165) is 11.4 Å². The molecular formula is C14H19Br2N. The summed E-state index contributed by atoms with van der Waals surface area (Å²) >= 11 is 7.17. The van der Waals surface area contributed by atoms with Crippen molar-refractivity contribution in [2.75, 3.05) is 11.4 Å². The van der Waals surface area contributed by atoms with Crippen LogP contribution in [0, 0.1) is 0 Å². The molecule has 0 bridgehead atoms. The lowest BCUT2D eigenvalue weighted by atomic mass is 9.99. The zero-order valence-electron chi connectivity index (χ0n) is 10.3. The van der Waals surface area contributed by atoms with Crippen LogP contribution in [-0.4, -0.2) is 12.6 Å². The fourth-order valence-electron chi connectivity index (χ4n) is 2.59. The first-order valence-corrected chi connectivity index (χ1v) is 8.28. The Morgan fingerprint density at radius 3 is 2.82 bits per heavy atom. The molecule has 1 aromatic rings. The summed E-state index contributed by atoms with van der Waals surface area (Å²) in [7, 11) is 0. The van der Waals surface area contributed by atoms with Gasteiger partial charge in [-0.05, 0) is 43.4 Å². The second-order valence-electron chi connectivity index (χ2n) is 4.66. The molecule has 0 saturated carbocycles. The SMILES string of the molecule is CCC1CCCCN1c1ccc(CBr)c(Br)c1. The number of anilines is 1. The smallest absolute Gasteiger partial charge is 0.0380 e. The molecule has 2 rings (SSSR count). The fraction of sp³-hybridized carbons (Fsp3) is 0.571. The van der Waals surface area contributed by atoms with Gasteiger partial charge in [0.25, 0.3) is 0 Å². The minimum atomic E-state index is 0.727. The van der Waals surface area contributed by atoms with Crippen LogP contribution in [-0.2, 0) is 5.33 Å². The van der Waals surface area contributed by atoms with Crippen LogP contribution in [0.15, 0.2) is 22.7 Å². The molecule has 17 heavy (non-hydrogen) atoms. The van der Waals surface area contributed by atoms with Gasteiger partial charge in [-0.1, -0.05) is 44.8 Å². The zero-order valence-corrected chi connectivity index (χ0v) is 13.4. The third-order valence-corrected chi connectivity index (χ3v) is 4.95. The molecule has 94 valence electrons. The summed E-state index contributed by atoms with van der Waals surface area (Å²) in [5.74, 6) is 0. The first kappa shape index (κ1) is 13.4. The number of nitrogens with zero attached hydrogens (tertiary/aromatic N) is 1. The molecule has 0 amide bonds. The van der Waals surface area contributed by atoms with Crippen LogP contribution in [0.5, 0.6) is 0 Å². The third-order valence-electron chi connectivity index (χ3n) is 3.61. The molecule has 0 spiro atoms. The van der Waals surface area contributed by atoms with Gasteiger partial charge in [-0.3, -0.25) is 0 Å². The Labute approximate surface area is 121 Å². The van der Waals surface area contributed by atoms with Gasteiger partial charge in [-0.15, -0.1) is 0 Å². The average Bonchev–Trinajstić information content (AvgIpc) is 2.38. The maximum atomic E-state index is 3.66. The van der Waals surface area contributed by atoms with Gasteiger partial charge in [0.2, 0.25) is 0 Å². The Kier molecular flexibility index (Phi) is 4.92. The number of hydrogen-bond acceptors (Lipinski definition) is 1. The molecule has 1 saturated heterocycles. The molecule has 1 unspecified atom stereocenters. The van der Waals surface area contributed by atoms with Crippen LogP contribution >= 0.6 is 31.9 Å². The van der Waals surface area contributed by atoms with E-state index >= 15 is 0 Å². The van der Waals surface area contributed by atoms with Gasteiger partial charge in [-0.25, -0.2) is 0 Å². The van der Waals surface area contributed by atoms with Gasteiger partial charge in [-0.2, -0.15) is 0 Å². The quantitative estimate of drug-likeness (QED) is 0.676. The highest BCUT2D eigenvalue weighted by Gasteiger charge is 2.21. The molecule has 1 aromatic carbocycles. The van der Waals surface area contributed by atoms with Crippen LogP contribution < -0.4 is 4.90 Å². The monoisotopic (exact) mass is 359 g/mol. The van der Waals surface area contributed by atoms with Gasteiger partial charge in [0.05, 0.1) is 0 Å². The maximum absolute atomic E-state index is 3.66. The standard InChI is InChI=1S/C14H19Br2N/c1-2-12-5-3-4-8-17(12)13-7-6-11(10-15)14(16)9-13/h6-7,9,12H,2-5,8,10H2,1H3. The maximum Gasteiger partial charge on any atom is 0.0380 e. The van der Waals surface area contributed by atoms with E-state index in [4.69, 9.17) is 0 Å². The van der Waals surface area contributed by atoms with Gasteiger partial charge >= 0.3 is 0 Å². The molecule has 1 atom stereocenters. The highest BCUT2D eigenvalue weighted by molar-refractivity contribution is 9.10. The molecule has 1 nitrogen and oxygen atoms in total. The topological polar surface area (TPSA) is 3.24 Å². The highest BCUT2D eigenvalue weighted by atomic mass is 79.9. The summed E-state index contributed by atoms with van der Waals surface area (Å²) in [5.41, 5.74) is 2.69. The van der Waals surface area contributed by atoms with Gasteiger partial charge in [0, 0.05) is 28.1 Å². The van der Waals surface area contributed by atoms with Crippen LogP contribution in [0.3, 0.4) is 0 Å². The Bertz CT molecular complexity index is 378. The molecule has 1 aliphatic heterocycles. The average molecular weight is 361 g/mol. The Balaban J connectivity index is 2.23. The number of hydrogen-bond donors (Lipinski definition) is 0. The number of piperidine rings is 1. The summed E-state index contributed by atoms with van der Waals surface area (Å²) in [6.45, 7) is 3.50. The minimum Gasteiger partial charge on any atom is -0.369 e. The molecule has 0 aromatic heterocycles. The number of benzene rings is 1. The molecular weight excluding hydrogens is 342 g/mol. The predicted molar refractivity (Wildman–Crippen MR) is 82.0 cm³/mol. The van der Waals surface area contributed by atoms with E-state index in [1.807, 2.05) is 0 Å². The van der Waals surface area contributed by atoms with Crippen molar-refractivity contribution >= 4 is 37.5 Å². The van der Waals surface area contributed by atoms with Gasteiger partial charge in [0.1, 0.15) is 0 Å². The van der Waals surface area contributed by atoms with E-state index in [-0.39, 0.29) is 0 Å². The minimum absolute atomic E-state index is 0.727. The summed E-state index contributed by atoms with van der Waals surface area (Å²) in [6.07, 6.45) is 5.30. The van der Waals surface area contributed by atoms with Crippen molar-refractivity contribution in [2.24, 2.45) is 0 Å². The number of halogens is 2. The van der Waals surface area contributed by atoms with Crippen LogP contribution in [0.2, 0.25) is 0 Å². The number of rotatable bonds is 3. The van der Waals surface area contributed by atoms with Crippen LogP contribution in [0.1, 0.15) is 38.2 Å². The largest absolute Gasteiger partial charge is 0.369 e. The van der Waals surface area contributed by atoms with E-state index < -0.39 is 0 Å². The Hall–Kier alpha value is -0.0200. The van der Waals surface area contributed by atoms with Crippen molar-refractivity contribution in [3.8, 4) is 0 Å². The lowest BCUT2D eigenvalue weighted by Crippen LogP contribution is -2.39. The molecule has 1 aliphatic rings. The van der Waals surface area contributed by atoms with Crippen molar-refractivity contribution in [3.63, 3.8) is 0 Å². The van der Waals surface area contributed by atoms with E-state index in [1.165, 1.54) is 48.0 Å². The van der Waals surface area contributed by atoms with E-state index in [2.05, 4.69) is 61.9 Å². The lowest BCUT2D eigenvalue weighted by molar-refractivity contribution is 0.450. The second kappa shape index (κ2) is 6.24. The Morgan fingerprint density at radius 2 is 2.18 bits per heavy atom. The first-order valence-electron chi connectivity index (χ1n) is 6.37. The Morgan fingerprint density at radius 1 is 1.35 bits per heavy atom. The molecule has 1 heterocycles. The summed E-state index contributed by atoms with van der Waals surface area (Å²) in [5, 5.41) is 0.908. The summed E-state index contributed by atoms with van der Waals surface area (Å²) in [6, 6.07) is 7.47. The normalized spacial score (nSPS) is 20.6. The number of alkyl halides is 1.